The van der Waals surface area contributed by atoms with Gasteiger partial charge in [0.15, 0.2) is 5.69 Å². The van der Waals surface area contributed by atoms with Crippen molar-refractivity contribution < 1.29 is 28.9 Å². The van der Waals surface area contributed by atoms with Crippen molar-refractivity contribution in [2.75, 3.05) is 12.4 Å². The van der Waals surface area contributed by atoms with E-state index in [4.69, 9.17) is 9.84 Å². The van der Waals surface area contributed by atoms with Crippen LogP contribution in [0.25, 0.3) is 22.4 Å². The minimum Gasteiger partial charge on any atom is -0.478 e. The molecule has 0 aliphatic heterocycles. The summed E-state index contributed by atoms with van der Waals surface area (Å²) in [6.07, 6.45) is 0. The van der Waals surface area contributed by atoms with Crippen molar-refractivity contribution >= 4 is 17.6 Å². The lowest BCUT2D eigenvalue weighted by Gasteiger charge is -2.15. The Morgan fingerprint density at radius 1 is 0.824 bits per heavy atom. The van der Waals surface area contributed by atoms with Crippen LogP contribution < -0.4 is 10.1 Å². The lowest BCUT2D eigenvalue weighted by Crippen LogP contribution is -2.08. The van der Waals surface area contributed by atoms with Crippen LogP contribution in [-0.2, 0) is 0 Å². The number of aromatic carboxylic acids is 2. The van der Waals surface area contributed by atoms with Crippen LogP contribution in [-0.4, -0.2) is 34.2 Å². The SMILES string of the molecule is CNc1c(-c2ccc(C(=O)O)cc2)cc(-c2ccc(Oc3ccc(F)cc3)cc2)nc1C(=O)O. The lowest BCUT2D eigenvalue weighted by atomic mass is 9.98. The first kappa shape index (κ1) is 22.5. The zero-order chi connectivity index (χ0) is 24.2. The van der Waals surface area contributed by atoms with Gasteiger partial charge in [0.25, 0.3) is 0 Å². The van der Waals surface area contributed by atoms with E-state index < -0.39 is 11.9 Å². The highest BCUT2D eigenvalue weighted by atomic mass is 19.1. The Bertz CT molecular complexity index is 1350. The minimum atomic E-state index is -1.20. The number of anilines is 1. The average Bonchev–Trinajstić information content (AvgIpc) is 2.85. The quantitative estimate of drug-likeness (QED) is 0.322. The van der Waals surface area contributed by atoms with E-state index >= 15 is 0 Å². The molecule has 0 saturated heterocycles. The van der Waals surface area contributed by atoms with Crippen molar-refractivity contribution in [1.82, 2.24) is 4.98 Å². The average molecular weight is 458 g/mol. The first-order valence-corrected chi connectivity index (χ1v) is 10.2. The standard InChI is InChI=1S/C26H19FN2O5/c1-28-23-21(15-2-4-17(5-3-15)25(30)31)14-22(29-24(23)26(32)33)16-6-10-19(11-7-16)34-20-12-8-18(27)9-13-20/h2-14,28H,1H3,(H,30,31)(H,32,33). The summed E-state index contributed by atoms with van der Waals surface area (Å²) in [7, 11) is 1.60. The van der Waals surface area contributed by atoms with Gasteiger partial charge in [-0.05, 0) is 72.3 Å². The van der Waals surface area contributed by atoms with Crippen molar-refractivity contribution in [1.29, 1.82) is 0 Å². The maximum atomic E-state index is 13.1. The van der Waals surface area contributed by atoms with Gasteiger partial charge in [0.1, 0.15) is 17.3 Å². The number of benzene rings is 3. The Hall–Kier alpha value is -4.72. The van der Waals surface area contributed by atoms with Gasteiger partial charge in [0, 0.05) is 18.2 Å². The molecule has 0 amide bonds. The molecule has 0 saturated carbocycles. The van der Waals surface area contributed by atoms with Crippen LogP contribution in [0.3, 0.4) is 0 Å². The lowest BCUT2D eigenvalue weighted by molar-refractivity contribution is 0.0683. The van der Waals surface area contributed by atoms with E-state index in [0.717, 1.165) is 0 Å². The Labute approximate surface area is 194 Å². The molecule has 4 rings (SSSR count). The van der Waals surface area contributed by atoms with Crippen molar-refractivity contribution in [3.05, 3.63) is 95.9 Å². The molecule has 170 valence electrons. The summed E-state index contributed by atoms with van der Waals surface area (Å²) in [5.41, 5.74) is 2.55. The van der Waals surface area contributed by atoms with Gasteiger partial charge in [0.2, 0.25) is 0 Å². The number of nitrogens with zero attached hydrogens (tertiary/aromatic N) is 1. The zero-order valence-corrected chi connectivity index (χ0v) is 17.9. The summed E-state index contributed by atoms with van der Waals surface area (Å²) in [4.78, 5) is 27.5. The summed E-state index contributed by atoms with van der Waals surface area (Å²) in [5, 5.41) is 21.8. The number of carboxylic acid groups (broad SMARTS) is 2. The number of hydrogen-bond acceptors (Lipinski definition) is 5. The van der Waals surface area contributed by atoms with Crippen molar-refractivity contribution in [3.63, 3.8) is 0 Å². The summed E-state index contributed by atoms with van der Waals surface area (Å²) in [5.74, 6) is -1.62. The van der Waals surface area contributed by atoms with E-state index in [1.165, 1.54) is 36.4 Å². The minimum absolute atomic E-state index is 0.124. The molecule has 34 heavy (non-hydrogen) atoms. The normalized spacial score (nSPS) is 10.5. The summed E-state index contributed by atoms with van der Waals surface area (Å²) in [6.45, 7) is 0. The number of pyridine rings is 1. The van der Waals surface area contributed by atoms with Gasteiger partial charge in [-0.3, -0.25) is 0 Å². The molecule has 4 aromatic rings. The maximum absolute atomic E-state index is 13.1. The first-order chi connectivity index (χ1) is 16.4. The number of ether oxygens (including phenoxy) is 1. The van der Waals surface area contributed by atoms with Gasteiger partial charge in [-0.15, -0.1) is 0 Å². The van der Waals surface area contributed by atoms with Crippen molar-refractivity contribution in [2.45, 2.75) is 0 Å². The summed E-state index contributed by atoms with van der Waals surface area (Å²) >= 11 is 0. The molecule has 3 aromatic carbocycles. The molecule has 0 fully saturated rings. The number of halogens is 1. The van der Waals surface area contributed by atoms with Gasteiger partial charge in [-0.2, -0.15) is 0 Å². The highest BCUT2D eigenvalue weighted by Gasteiger charge is 2.19. The highest BCUT2D eigenvalue weighted by Crippen LogP contribution is 2.35. The van der Waals surface area contributed by atoms with Gasteiger partial charge >= 0.3 is 11.9 Å². The van der Waals surface area contributed by atoms with Crippen molar-refractivity contribution in [2.24, 2.45) is 0 Å². The fraction of sp³-hybridized carbons (Fsp3) is 0.0385. The Morgan fingerprint density at radius 3 is 1.91 bits per heavy atom. The Balaban J connectivity index is 1.73. The molecule has 0 spiro atoms. The van der Waals surface area contributed by atoms with E-state index in [0.29, 0.717) is 39.6 Å². The van der Waals surface area contributed by atoms with Crippen molar-refractivity contribution in [3.8, 4) is 33.9 Å². The fourth-order valence-corrected chi connectivity index (χ4v) is 3.45. The van der Waals surface area contributed by atoms with Crippen LogP contribution in [0, 0.1) is 5.82 Å². The zero-order valence-electron chi connectivity index (χ0n) is 17.9. The molecule has 0 radical (unpaired) electrons. The molecule has 0 atom stereocenters. The molecule has 7 nitrogen and oxygen atoms in total. The second-order valence-corrected chi connectivity index (χ2v) is 7.30. The maximum Gasteiger partial charge on any atom is 0.356 e. The van der Waals surface area contributed by atoms with E-state index in [1.54, 1.807) is 49.5 Å². The van der Waals surface area contributed by atoms with Gasteiger partial charge in [0.05, 0.1) is 16.9 Å². The molecule has 1 heterocycles. The molecule has 8 heteroatoms. The second kappa shape index (κ2) is 9.41. The Kier molecular flexibility index (Phi) is 6.22. The topological polar surface area (TPSA) is 109 Å². The summed E-state index contributed by atoms with van der Waals surface area (Å²) in [6, 6.07) is 20.4. The largest absolute Gasteiger partial charge is 0.478 e. The molecule has 3 N–H and O–H groups in total. The molecule has 0 aliphatic carbocycles. The van der Waals surface area contributed by atoms with Gasteiger partial charge < -0.3 is 20.3 Å². The third kappa shape index (κ3) is 4.71. The van der Waals surface area contributed by atoms with Crippen LogP contribution in [0.5, 0.6) is 11.5 Å². The number of hydrogen-bond donors (Lipinski definition) is 3. The predicted octanol–water partition coefficient (Wildman–Crippen LogP) is 5.79. The predicted molar refractivity (Wildman–Crippen MR) is 125 cm³/mol. The second-order valence-electron chi connectivity index (χ2n) is 7.30. The first-order valence-electron chi connectivity index (χ1n) is 10.2. The van der Waals surface area contributed by atoms with E-state index in [1.807, 2.05) is 0 Å². The van der Waals surface area contributed by atoms with E-state index in [2.05, 4.69) is 10.3 Å². The number of rotatable bonds is 7. The van der Waals surface area contributed by atoms with Crippen LogP contribution in [0.4, 0.5) is 10.1 Å². The molecule has 1 aromatic heterocycles. The molecule has 0 unspecified atom stereocenters. The van der Waals surface area contributed by atoms with Crippen LogP contribution in [0.1, 0.15) is 20.8 Å². The number of nitrogens with one attached hydrogen (secondary N) is 1. The van der Waals surface area contributed by atoms with E-state index in [-0.39, 0.29) is 17.1 Å². The molecule has 0 aliphatic rings. The smallest absolute Gasteiger partial charge is 0.356 e. The van der Waals surface area contributed by atoms with Crippen LogP contribution in [0.2, 0.25) is 0 Å². The third-order valence-electron chi connectivity index (χ3n) is 5.11. The summed E-state index contributed by atoms with van der Waals surface area (Å²) < 4.78 is 18.8. The Morgan fingerprint density at radius 2 is 1.38 bits per heavy atom. The third-order valence-corrected chi connectivity index (χ3v) is 5.11. The van der Waals surface area contributed by atoms with E-state index in [9.17, 15) is 19.1 Å². The number of carboxylic acids is 2. The molecular formula is C26H19FN2O5. The van der Waals surface area contributed by atoms with Gasteiger partial charge in [-0.25, -0.2) is 19.0 Å². The fourth-order valence-electron chi connectivity index (χ4n) is 3.45. The number of carbonyl (C=O) groups is 2. The van der Waals surface area contributed by atoms with Crippen LogP contribution in [0.15, 0.2) is 78.9 Å². The highest BCUT2D eigenvalue weighted by molar-refractivity contribution is 5.99. The molecular weight excluding hydrogens is 439 g/mol. The number of aromatic nitrogens is 1. The molecule has 0 bridgehead atoms. The monoisotopic (exact) mass is 458 g/mol. The van der Waals surface area contributed by atoms with Gasteiger partial charge in [-0.1, -0.05) is 12.1 Å². The van der Waals surface area contributed by atoms with Crippen LogP contribution >= 0.6 is 0 Å².